The van der Waals surface area contributed by atoms with Crippen molar-refractivity contribution in [1.82, 2.24) is 35.3 Å². The van der Waals surface area contributed by atoms with Gasteiger partial charge in [0.25, 0.3) is 5.91 Å². The first-order chi connectivity index (χ1) is 19.0. The maximum atomic E-state index is 12.7. The summed E-state index contributed by atoms with van der Waals surface area (Å²) < 4.78 is 35.1. The number of aryl methyl sites for hydroxylation is 1. The zero-order valence-electron chi connectivity index (χ0n) is 23.0. The van der Waals surface area contributed by atoms with Crippen LogP contribution < -0.4 is 21.1 Å². The lowest BCUT2D eigenvalue weighted by Gasteiger charge is -2.17. The van der Waals surface area contributed by atoms with E-state index in [1.165, 1.54) is 13.2 Å². The van der Waals surface area contributed by atoms with Gasteiger partial charge in [-0.05, 0) is 36.2 Å². The Kier molecular flexibility index (Phi) is 6.90. The van der Waals surface area contributed by atoms with Crippen molar-refractivity contribution >= 4 is 34.7 Å². The number of nitrogens with one attached hydrogen (secondary N) is 2. The average molecular weight is 527 g/mol. The van der Waals surface area contributed by atoms with Crippen LogP contribution in [0.4, 0.5) is 17.2 Å². The third kappa shape index (κ3) is 6.29. The molecule has 0 aliphatic heterocycles. The van der Waals surface area contributed by atoms with Gasteiger partial charge in [0.2, 0.25) is 0 Å². The van der Waals surface area contributed by atoms with Crippen molar-refractivity contribution in [3.63, 3.8) is 0 Å². The number of methoxy groups -OCH3 is 1. The van der Waals surface area contributed by atoms with E-state index in [-0.39, 0.29) is 23.1 Å². The van der Waals surface area contributed by atoms with Crippen molar-refractivity contribution in [3.05, 3.63) is 64.8 Å². The van der Waals surface area contributed by atoms with Crippen molar-refractivity contribution in [2.45, 2.75) is 13.0 Å². The molecule has 0 bridgehead atoms. The second-order valence-electron chi connectivity index (χ2n) is 7.83. The second-order valence-corrected chi connectivity index (χ2v) is 8.22. The summed E-state index contributed by atoms with van der Waals surface area (Å²) in [6, 6.07) is 10.4. The fraction of sp³-hybridized carbons (Fsp3) is 0.250. The summed E-state index contributed by atoms with van der Waals surface area (Å²) in [7, 11) is 3.22. The standard InChI is InChI=1S/C24H26ClN9O3/c1-27-24(35)21-17(11-19(25)31-32-21)30-18-10-14(7-8-37-12-15-5-4-6-20(26)29-15)9-16(22(18)36-3)23-28-13-34(2)33-23/h4-6,9-11,13H,7-8,12H2,1-3H3,(H2,26,29)(H,27,35)(H,30,31)/i1D3. The minimum absolute atomic E-state index is 0.0155. The van der Waals surface area contributed by atoms with Gasteiger partial charge < -0.3 is 25.8 Å². The Morgan fingerprint density at radius 2 is 2.11 bits per heavy atom. The number of hydrogen-bond donors (Lipinski definition) is 3. The molecule has 37 heavy (non-hydrogen) atoms. The van der Waals surface area contributed by atoms with Gasteiger partial charge in [0.15, 0.2) is 22.4 Å². The van der Waals surface area contributed by atoms with Crippen molar-refractivity contribution < 1.29 is 18.4 Å². The number of nitrogens with two attached hydrogens (primary N) is 1. The minimum atomic E-state index is -2.73. The first kappa shape index (κ1) is 21.9. The number of amides is 1. The molecule has 4 aromatic rings. The molecule has 1 amide bonds. The Morgan fingerprint density at radius 1 is 1.24 bits per heavy atom. The van der Waals surface area contributed by atoms with Gasteiger partial charge in [-0.2, -0.15) is 5.10 Å². The lowest BCUT2D eigenvalue weighted by molar-refractivity contribution is 0.0958. The van der Waals surface area contributed by atoms with Gasteiger partial charge in [-0.15, -0.1) is 10.2 Å². The molecule has 0 aliphatic rings. The number of anilines is 3. The third-order valence-corrected chi connectivity index (χ3v) is 5.35. The SMILES string of the molecule is [2H]C([2H])([2H])NC(=O)c1nnc(Cl)cc1Nc1cc(CCOCc2cccc(N)n2)cc(-c2ncn(C)n2)c1OC. The fourth-order valence-electron chi connectivity index (χ4n) is 3.56. The van der Waals surface area contributed by atoms with Crippen LogP contribution in [0.2, 0.25) is 5.15 Å². The van der Waals surface area contributed by atoms with Gasteiger partial charge in [-0.25, -0.2) is 9.97 Å². The summed E-state index contributed by atoms with van der Waals surface area (Å²) >= 11 is 6.06. The molecule has 0 aliphatic carbocycles. The molecule has 0 fully saturated rings. The molecule has 0 saturated heterocycles. The highest BCUT2D eigenvalue weighted by molar-refractivity contribution is 6.29. The van der Waals surface area contributed by atoms with Gasteiger partial charge in [0.05, 0.1) is 43.0 Å². The van der Waals surface area contributed by atoms with Gasteiger partial charge in [0.1, 0.15) is 12.1 Å². The van der Waals surface area contributed by atoms with Crippen LogP contribution in [0.1, 0.15) is 25.9 Å². The first-order valence-corrected chi connectivity index (χ1v) is 11.4. The van der Waals surface area contributed by atoms with E-state index in [0.29, 0.717) is 47.4 Å². The minimum Gasteiger partial charge on any atom is -0.494 e. The van der Waals surface area contributed by atoms with Crippen LogP contribution in [0.5, 0.6) is 5.75 Å². The summed E-state index contributed by atoms with van der Waals surface area (Å²) in [6.07, 6.45) is 2.04. The Labute approximate surface area is 222 Å². The van der Waals surface area contributed by atoms with Crippen LogP contribution in [0.25, 0.3) is 11.4 Å². The number of aromatic nitrogens is 6. The van der Waals surface area contributed by atoms with E-state index in [0.717, 1.165) is 5.56 Å². The Morgan fingerprint density at radius 3 is 2.84 bits per heavy atom. The molecule has 13 heteroatoms. The summed E-state index contributed by atoms with van der Waals surface area (Å²) in [5.41, 5.74) is 8.10. The zero-order chi connectivity index (χ0) is 28.9. The molecule has 0 unspecified atom stereocenters. The van der Waals surface area contributed by atoms with Crippen molar-refractivity contribution in [2.24, 2.45) is 7.05 Å². The van der Waals surface area contributed by atoms with E-state index in [1.54, 1.807) is 36.3 Å². The lowest BCUT2D eigenvalue weighted by atomic mass is 10.0. The molecule has 4 rings (SSSR count). The predicted octanol–water partition coefficient (Wildman–Crippen LogP) is 2.77. The highest BCUT2D eigenvalue weighted by Gasteiger charge is 2.20. The van der Waals surface area contributed by atoms with Gasteiger partial charge >= 0.3 is 0 Å². The van der Waals surface area contributed by atoms with Crippen LogP contribution in [0, 0.1) is 0 Å². The van der Waals surface area contributed by atoms with Crippen LogP contribution in [-0.2, 0) is 24.8 Å². The van der Waals surface area contributed by atoms with E-state index in [2.05, 4.69) is 30.6 Å². The lowest BCUT2D eigenvalue weighted by Crippen LogP contribution is -2.21. The molecule has 3 heterocycles. The largest absolute Gasteiger partial charge is 0.494 e. The number of nitrogen functional groups attached to an aromatic ring is 1. The van der Waals surface area contributed by atoms with E-state index in [9.17, 15) is 4.79 Å². The van der Waals surface area contributed by atoms with Crippen LogP contribution in [0.15, 0.2) is 42.7 Å². The van der Waals surface area contributed by atoms with Crippen molar-refractivity contribution in [1.29, 1.82) is 0 Å². The molecule has 0 atom stereocenters. The van der Waals surface area contributed by atoms with Crippen LogP contribution in [-0.4, -0.2) is 56.5 Å². The summed E-state index contributed by atoms with van der Waals surface area (Å²) in [5.74, 6) is 0.226. The van der Waals surface area contributed by atoms with Crippen molar-refractivity contribution in [2.75, 3.05) is 31.7 Å². The number of carbonyl (C=O) groups is 1. The number of carbonyl (C=O) groups excluding carboxylic acids is 1. The topological polar surface area (TPSA) is 155 Å². The van der Waals surface area contributed by atoms with E-state index >= 15 is 0 Å². The molecule has 12 nitrogen and oxygen atoms in total. The van der Waals surface area contributed by atoms with E-state index < -0.39 is 12.9 Å². The van der Waals surface area contributed by atoms with Gasteiger partial charge in [-0.3, -0.25) is 9.48 Å². The molecule has 0 radical (unpaired) electrons. The average Bonchev–Trinajstić information content (AvgIpc) is 3.31. The monoisotopic (exact) mass is 526 g/mol. The summed E-state index contributed by atoms with van der Waals surface area (Å²) in [5, 5.41) is 16.9. The Hall–Kier alpha value is -4.29. The predicted molar refractivity (Wildman–Crippen MR) is 139 cm³/mol. The number of hydrogen-bond acceptors (Lipinski definition) is 10. The highest BCUT2D eigenvalue weighted by Crippen LogP contribution is 2.38. The number of pyridine rings is 1. The molecule has 3 aromatic heterocycles. The Balaban J connectivity index is 1.67. The summed E-state index contributed by atoms with van der Waals surface area (Å²) in [4.78, 5) is 21.2. The maximum absolute atomic E-state index is 12.7. The molecule has 4 N–H and O–H groups in total. The fourth-order valence-corrected chi connectivity index (χ4v) is 3.70. The molecule has 192 valence electrons. The number of ether oxygens (including phenoxy) is 2. The molecule has 0 saturated carbocycles. The number of nitrogens with zero attached hydrogens (tertiary/aromatic N) is 6. The molecule has 0 spiro atoms. The number of rotatable bonds is 10. The Bertz CT molecular complexity index is 1510. The highest BCUT2D eigenvalue weighted by atomic mass is 35.5. The quantitative estimate of drug-likeness (QED) is 0.262. The van der Waals surface area contributed by atoms with Crippen LogP contribution in [0.3, 0.4) is 0 Å². The third-order valence-electron chi connectivity index (χ3n) is 5.17. The normalized spacial score (nSPS) is 12.4. The summed E-state index contributed by atoms with van der Waals surface area (Å²) in [6.45, 7) is -2.09. The van der Waals surface area contributed by atoms with Crippen molar-refractivity contribution in [3.8, 4) is 17.1 Å². The first-order valence-electron chi connectivity index (χ1n) is 12.5. The maximum Gasteiger partial charge on any atom is 0.273 e. The molecular formula is C24H26ClN9O3. The molecular weight excluding hydrogens is 498 g/mol. The van der Waals surface area contributed by atoms with E-state index in [4.69, 9.17) is 30.9 Å². The number of halogens is 1. The van der Waals surface area contributed by atoms with Gasteiger partial charge in [0, 0.05) is 24.2 Å². The molecule has 1 aromatic carbocycles. The van der Waals surface area contributed by atoms with Crippen LogP contribution >= 0.6 is 11.6 Å². The second kappa shape index (κ2) is 11.6. The smallest absolute Gasteiger partial charge is 0.273 e. The zero-order valence-corrected chi connectivity index (χ0v) is 20.8. The number of benzene rings is 1. The van der Waals surface area contributed by atoms with E-state index in [1.807, 2.05) is 17.4 Å². The van der Waals surface area contributed by atoms with Gasteiger partial charge in [-0.1, -0.05) is 17.7 Å².